The first-order valence-corrected chi connectivity index (χ1v) is 6.70. The number of carbonyl (C=O) groups excluding carboxylic acids is 1. The van der Waals surface area contributed by atoms with Crippen LogP contribution in [0.3, 0.4) is 0 Å². The van der Waals surface area contributed by atoms with Gasteiger partial charge in [-0.2, -0.15) is 5.10 Å². The van der Waals surface area contributed by atoms with E-state index in [0.29, 0.717) is 23.5 Å². The second-order valence-corrected chi connectivity index (χ2v) is 4.77. The van der Waals surface area contributed by atoms with Crippen molar-refractivity contribution in [2.24, 2.45) is 0 Å². The molecule has 2 aromatic rings. The second-order valence-electron chi connectivity index (χ2n) is 4.41. The first-order valence-electron chi connectivity index (χ1n) is 6.32. The molecule has 0 fully saturated rings. The Bertz CT molecular complexity index is 709. The largest absolute Gasteiger partial charge is 0.478 e. The number of carboxylic acids is 1. The predicted molar refractivity (Wildman–Crippen MR) is 79.2 cm³/mol. The van der Waals surface area contributed by atoms with Crippen LogP contribution in [-0.4, -0.2) is 26.8 Å². The van der Waals surface area contributed by atoms with Crippen LogP contribution >= 0.6 is 11.6 Å². The van der Waals surface area contributed by atoms with E-state index in [2.05, 4.69) is 10.4 Å². The first kappa shape index (κ1) is 15.1. The SMILES string of the molecule is CCc1nn(-c2cccc(NC(C)=O)c2)c(Cl)c1C(=O)O. The number of aromatic carboxylic acids is 1. The Morgan fingerprint density at radius 3 is 2.67 bits per heavy atom. The minimum Gasteiger partial charge on any atom is -0.478 e. The maximum atomic E-state index is 11.3. The zero-order valence-corrected chi connectivity index (χ0v) is 12.3. The molecule has 0 saturated heterocycles. The van der Waals surface area contributed by atoms with Gasteiger partial charge in [0.2, 0.25) is 5.91 Å². The van der Waals surface area contributed by atoms with Gasteiger partial charge in [-0.3, -0.25) is 4.79 Å². The molecule has 110 valence electrons. The lowest BCUT2D eigenvalue weighted by Crippen LogP contribution is -2.06. The number of carboxylic acid groups (broad SMARTS) is 1. The number of nitrogens with one attached hydrogen (secondary N) is 1. The topological polar surface area (TPSA) is 84.2 Å². The summed E-state index contributed by atoms with van der Waals surface area (Å²) in [6.45, 7) is 3.22. The zero-order valence-electron chi connectivity index (χ0n) is 11.6. The minimum absolute atomic E-state index is 0.00379. The van der Waals surface area contributed by atoms with E-state index in [4.69, 9.17) is 11.6 Å². The number of aromatic nitrogens is 2. The van der Waals surface area contributed by atoms with Crippen molar-refractivity contribution in [2.75, 3.05) is 5.32 Å². The van der Waals surface area contributed by atoms with Gasteiger partial charge in [0.05, 0.1) is 11.4 Å². The zero-order chi connectivity index (χ0) is 15.6. The summed E-state index contributed by atoms with van der Waals surface area (Å²) in [5, 5.41) is 16.1. The molecule has 0 aliphatic rings. The summed E-state index contributed by atoms with van der Waals surface area (Å²) in [7, 11) is 0. The van der Waals surface area contributed by atoms with Crippen LogP contribution in [-0.2, 0) is 11.2 Å². The predicted octanol–water partition coefficient (Wildman–Crippen LogP) is 2.74. The van der Waals surface area contributed by atoms with E-state index in [1.165, 1.54) is 11.6 Å². The number of aryl methyl sites for hydroxylation is 1. The number of nitrogens with zero attached hydrogens (tertiary/aromatic N) is 2. The molecule has 1 aromatic carbocycles. The average molecular weight is 308 g/mol. The quantitative estimate of drug-likeness (QED) is 0.909. The van der Waals surface area contributed by atoms with E-state index in [1.807, 2.05) is 6.92 Å². The van der Waals surface area contributed by atoms with Gasteiger partial charge in [0.25, 0.3) is 0 Å². The lowest BCUT2D eigenvalue weighted by molar-refractivity contribution is -0.114. The maximum absolute atomic E-state index is 11.3. The Labute approximate surface area is 126 Å². The van der Waals surface area contributed by atoms with Crippen LogP contribution in [0.5, 0.6) is 0 Å². The molecule has 0 saturated carbocycles. The third-order valence-corrected chi connectivity index (χ3v) is 3.21. The van der Waals surface area contributed by atoms with E-state index in [9.17, 15) is 14.7 Å². The lowest BCUT2D eigenvalue weighted by Gasteiger charge is -2.06. The molecular formula is C14H14ClN3O3. The Morgan fingerprint density at radius 1 is 1.43 bits per heavy atom. The highest BCUT2D eigenvalue weighted by Gasteiger charge is 2.21. The highest BCUT2D eigenvalue weighted by atomic mass is 35.5. The Kier molecular flexibility index (Phi) is 4.28. The summed E-state index contributed by atoms with van der Waals surface area (Å²) in [6.07, 6.45) is 0.458. The Balaban J connectivity index is 2.52. The molecular weight excluding hydrogens is 294 g/mol. The molecule has 1 heterocycles. The Morgan fingerprint density at radius 2 is 2.14 bits per heavy atom. The Hall–Kier alpha value is -2.34. The second kappa shape index (κ2) is 5.97. The molecule has 0 unspecified atom stereocenters. The number of rotatable bonds is 4. The standard InChI is InChI=1S/C14H14ClN3O3/c1-3-11-12(14(20)21)13(15)18(17-11)10-6-4-5-9(7-10)16-8(2)19/h4-7H,3H2,1-2H3,(H,16,19)(H,20,21). The first-order chi connectivity index (χ1) is 9.93. The average Bonchev–Trinajstić information content (AvgIpc) is 2.75. The van der Waals surface area contributed by atoms with Gasteiger partial charge in [-0.1, -0.05) is 24.6 Å². The molecule has 1 aromatic heterocycles. The van der Waals surface area contributed by atoms with Crippen LogP contribution in [0.25, 0.3) is 5.69 Å². The smallest absolute Gasteiger partial charge is 0.340 e. The molecule has 2 N–H and O–H groups in total. The molecule has 7 heteroatoms. The minimum atomic E-state index is -1.11. The fourth-order valence-electron chi connectivity index (χ4n) is 1.99. The van der Waals surface area contributed by atoms with E-state index in [-0.39, 0.29) is 16.6 Å². The van der Waals surface area contributed by atoms with Crippen LogP contribution in [0.15, 0.2) is 24.3 Å². The van der Waals surface area contributed by atoms with Gasteiger partial charge in [0.1, 0.15) is 10.7 Å². The molecule has 0 bridgehead atoms. The number of anilines is 1. The van der Waals surface area contributed by atoms with Crippen LogP contribution in [0, 0.1) is 0 Å². The number of carbonyl (C=O) groups is 2. The summed E-state index contributed by atoms with van der Waals surface area (Å²) in [4.78, 5) is 22.3. The molecule has 6 nitrogen and oxygen atoms in total. The van der Waals surface area contributed by atoms with Crippen molar-refractivity contribution in [3.63, 3.8) is 0 Å². The fraction of sp³-hybridized carbons (Fsp3) is 0.214. The number of benzene rings is 1. The number of hydrogen-bond donors (Lipinski definition) is 2. The van der Waals surface area contributed by atoms with Gasteiger partial charge in [-0.05, 0) is 24.6 Å². The van der Waals surface area contributed by atoms with Crippen LogP contribution < -0.4 is 5.32 Å². The van der Waals surface area contributed by atoms with E-state index < -0.39 is 5.97 Å². The summed E-state index contributed by atoms with van der Waals surface area (Å²) in [5.41, 5.74) is 1.58. The van der Waals surface area contributed by atoms with Crippen LogP contribution in [0.2, 0.25) is 5.15 Å². The molecule has 0 radical (unpaired) electrons. The third-order valence-electron chi connectivity index (χ3n) is 2.86. The summed E-state index contributed by atoms with van der Waals surface area (Å²) in [5.74, 6) is -1.31. The maximum Gasteiger partial charge on any atom is 0.340 e. The summed E-state index contributed by atoms with van der Waals surface area (Å²) in [6, 6.07) is 6.85. The fourth-order valence-corrected chi connectivity index (χ4v) is 2.31. The van der Waals surface area contributed by atoms with Gasteiger partial charge in [-0.25, -0.2) is 9.48 Å². The van der Waals surface area contributed by atoms with Crippen molar-refractivity contribution in [1.29, 1.82) is 0 Å². The highest BCUT2D eigenvalue weighted by Crippen LogP contribution is 2.25. The number of amides is 1. The van der Waals surface area contributed by atoms with E-state index >= 15 is 0 Å². The van der Waals surface area contributed by atoms with E-state index in [0.717, 1.165) is 0 Å². The monoisotopic (exact) mass is 307 g/mol. The molecule has 2 rings (SSSR count). The van der Waals surface area contributed by atoms with Gasteiger partial charge >= 0.3 is 5.97 Å². The van der Waals surface area contributed by atoms with Gasteiger partial charge < -0.3 is 10.4 Å². The lowest BCUT2D eigenvalue weighted by atomic mass is 10.2. The van der Waals surface area contributed by atoms with Crippen LogP contribution in [0.4, 0.5) is 5.69 Å². The van der Waals surface area contributed by atoms with E-state index in [1.54, 1.807) is 24.3 Å². The number of hydrogen-bond acceptors (Lipinski definition) is 3. The van der Waals surface area contributed by atoms with Gasteiger partial charge in [-0.15, -0.1) is 0 Å². The summed E-state index contributed by atoms with van der Waals surface area (Å²) >= 11 is 6.13. The number of halogens is 1. The molecule has 0 atom stereocenters. The highest BCUT2D eigenvalue weighted by molar-refractivity contribution is 6.33. The van der Waals surface area contributed by atoms with Crippen molar-refractivity contribution in [2.45, 2.75) is 20.3 Å². The van der Waals surface area contributed by atoms with Crippen molar-refractivity contribution in [3.05, 3.63) is 40.7 Å². The van der Waals surface area contributed by atoms with Crippen molar-refractivity contribution in [3.8, 4) is 5.69 Å². The normalized spacial score (nSPS) is 10.4. The molecule has 1 amide bonds. The summed E-state index contributed by atoms with van der Waals surface area (Å²) < 4.78 is 1.36. The van der Waals surface area contributed by atoms with Crippen LogP contribution in [0.1, 0.15) is 29.9 Å². The third kappa shape index (κ3) is 3.05. The molecule has 0 aliphatic carbocycles. The van der Waals surface area contributed by atoms with Crippen molar-refractivity contribution in [1.82, 2.24) is 9.78 Å². The van der Waals surface area contributed by atoms with Crippen molar-refractivity contribution >= 4 is 29.2 Å². The molecule has 0 aliphatic heterocycles. The van der Waals surface area contributed by atoms with Gasteiger partial charge in [0.15, 0.2) is 0 Å². The van der Waals surface area contributed by atoms with Gasteiger partial charge in [0, 0.05) is 12.6 Å². The molecule has 0 spiro atoms. The van der Waals surface area contributed by atoms with Crippen molar-refractivity contribution < 1.29 is 14.7 Å². The molecule has 21 heavy (non-hydrogen) atoms.